The van der Waals surface area contributed by atoms with Crippen LogP contribution in [-0.4, -0.2) is 12.5 Å². The van der Waals surface area contributed by atoms with Crippen LogP contribution in [0.5, 0.6) is 0 Å². The lowest BCUT2D eigenvalue weighted by molar-refractivity contribution is -0.119. The molecule has 0 bridgehead atoms. The summed E-state index contributed by atoms with van der Waals surface area (Å²) in [6.07, 6.45) is 0.654. The first kappa shape index (κ1) is 14.1. The summed E-state index contributed by atoms with van der Waals surface area (Å²) in [4.78, 5) is 12.3. The monoisotopic (exact) mass is 348 g/mol. The van der Waals surface area contributed by atoms with Gasteiger partial charge in [-0.25, -0.2) is 4.39 Å². The van der Waals surface area contributed by atoms with E-state index < -0.39 is 5.82 Å². The summed E-state index contributed by atoms with van der Waals surface area (Å²) in [5.41, 5.74) is 2.37. The van der Waals surface area contributed by atoms with Crippen LogP contribution in [0.25, 0.3) is 0 Å². The van der Waals surface area contributed by atoms with E-state index >= 15 is 0 Å². The Labute approximate surface area is 130 Å². The Morgan fingerprint density at radius 3 is 2.86 bits per heavy atom. The van der Waals surface area contributed by atoms with Crippen molar-refractivity contribution in [3.8, 4) is 0 Å². The molecule has 0 saturated carbocycles. The van der Waals surface area contributed by atoms with E-state index in [-0.39, 0.29) is 17.5 Å². The highest BCUT2D eigenvalue weighted by molar-refractivity contribution is 9.10. The van der Waals surface area contributed by atoms with Crippen molar-refractivity contribution in [2.24, 2.45) is 5.92 Å². The molecule has 3 rings (SSSR count). The minimum Gasteiger partial charge on any atom is -0.384 e. The standard InChI is InChI=1S/C16H14BrFN2O/c17-12-5-3-6-13(18)15(12)20-16(21)11-8-10-4-1-2-7-14(10)19-9-11/h1-7,11,19H,8-9H2,(H,20,21). The van der Waals surface area contributed by atoms with E-state index in [1.807, 2.05) is 24.3 Å². The first-order chi connectivity index (χ1) is 10.1. The minimum atomic E-state index is -0.443. The van der Waals surface area contributed by atoms with Crippen LogP contribution >= 0.6 is 15.9 Å². The molecule has 0 radical (unpaired) electrons. The van der Waals surface area contributed by atoms with Crippen molar-refractivity contribution in [1.82, 2.24) is 0 Å². The molecule has 1 atom stereocenters. The summed E-state index contributed by atoms with van der Waals surface area (Å²) in [6, 6.07) is 12.5. The molecule has 1 unspecified atom stereocenters. The topological polar surface area (TPSA) is 41.1 Å². The Kier molecular flexibility index (Phi) is 3.92. The van der Waals surface area contributed by atoms with Gasteiger partial charge >= 0.3 is 0 Å². The highest BCUT2D eigenvalue weighted by Gasteiger charge is 2.25. The van der Waals surface area contributed by atoms with Gasteiger partial charge in [-0.1, -0.05) is 24.3 Å². The maximum atomic E-state index is 13.8. The normalized spacial score (nSPS) is 16.8. The summed E-state index contributed by atoms with van der Waals surface area (Å²) >= 11 is 3.26. The zero-order valence-corrected chi connectivity index (χ0v) is 12.8. The number of benzene rings is 2. The first-order valence-electron chi connectivity index (χ1n) is 6.72. The fourth-order valence-corrected chi connectivity index (χ4v) is 2.91. The molecule has 2 aromatic carbocycles. The molecule has 0 spiro atoms. The quantitative estimate of drug-likeness (QED) is 0.866. The van der Waals surface area contributed by atoms with Crippen LogP contribution < -0.4 is 10.6 Å². The minimum absolute atomic E-state index is 0.178. The summed E-state index contributed by atoms with van der Waals surface area (Å²) in [6.45, 7) is 0.551. The maximum absolute atomic E-state index is 13.8. The van der Waals surface area contributed by atoms with Gasteiger partial charge in [0.15, 0.2) is 0 Å². The van der Waals surface area contributed by atoms with E-state index in [0.717, 1.165) is 11.3 Å². The summed E-state index contributed by atoms with van der Waals surface area (Å²) in [7, 11) is 0. The van der Waals surface area contributed by atoms with Gasteiger partial charge in [-0.15, -0.1) is 0 Å². The SMILES string of the molecule is O=C(Nc1c(F)cccc1Br)C1CNc2ccccc2C1. The van der Waals surface area contributed by atoms with Gasteiger partial charge in [0.05, 0.1) is 11.6 Å². The van der Waals surface area contributed by atoms with E-state index in [1.165, 1.54) is 6.07 Å². The van der Waals surface area contributed by atoms with Crippen LogP contribution in [0.3, 0.4) is 0 Å². The van der Waals surface area contributed by atoms with Crippen molar-refractivity contribution < 1.29 is 9.18 Å². The van der Waals surface area contributed by atoms with E-state index in [4.69, 9.17) is 0 Å². The molecule has 0 aromatic heterocycles. The Morgan fingerprint density at radius 2 is 2.05 bits per heavy atom. The molecule has 0 aliphatic carbocycles. The molecule has 2 aromatic rings. The molecule has 1 aliphatic heterocycles. The molecule has 1 heterocycles. The third-order valence-corrected chi connectivity index (χ3v) is 4.27. The van der Waals surface area contributed by atoms with Gasteiger partial charge in [0, 0.05) is 16.7 Å². The molecular formula is C16H14BrFN2O. The lowest BCUT2D eigenvalue weighted by Gasteiger charge is -2.25. The Morgan fingerprint density at radius 1 is 1.24 bits per heavy atom. The van der Waals surface area contributed by atoms with Gasteiger partial charge in [-0.2, -0.15) is 0 Å². The fourth-order valence-electron chi connectivity index (χ4n) is 2.47. The lowest BCUT2D eigenvalue weighted by Crippen LogP contribution is -2.34. The van der Waals surface area contributed by atoms with E-state index in [9.17, 15) is 9.18 Å². The van der Waals surface area contributed by atoms with Crippen LogP contribution in [0.2, 0.25) is 0 Å². The molecule has 108 valence electrons. The number of halogens is 2. The van der Waals surface area contributed by atoms with Crippen LogP contribution in [0.4, 0.5) is 15.8 Å². The average Bonchev–Trinajstić information content (AvgIpc) is 2.50. The van der Waals surface area contributed by atoms with Crippen molar-refractivity contribution in [3.63, 3.8) is 0 Å². The number of hydrogen-bond donors (Lipinski definition) is 2. The first-order valence-corrected chi connectivity index (χ1v) is 7.51. The van der Waals surface area contributed by atoms with Crippen molar-refractivity contribution in [2.45, 2.75) is 6.42 Å². The summed E-state index contributed by atoms with van der Waals surface area (Å²) < 4.78 is 14.3. The molecule has 0 saturated heterocycles. The van der Waals surface area contributed by atoms with Crippen LogP contribution in [0.1, 0.15) is 5.56 Å². The smallest absolute Gasteiger partial charge is 0.229 e. The van der Waals surface area contributed by atoms with Gasteiger partial charge in [0.1, 0.15) is 5.82 Å². The Bertz CT molecular complexity index is 669. The Balaban J connectivity index is 1.76. The highest BCUT2D eigenvalue weighted by atomic mass is 79.9. The van der Waals surface area contributed by atoms with Gasteiger partial charge in [0.25, 0.3) is 0 Å². The molecule has 2 N–H and O–H groups in total. The Hall–Kier alpha value is -1.88. The average molecular weight is 349 g/mol. The number of anilines is 2. The van der Waals surface area contributed by atoms with Crippen molar-refractivity contribution >= 4 is 33.2 Å². The van der Waals surface area contributed by atoms with Gasteiger partial charge in [0.2, 0.25) is 5.91 Å². The molecule has 3 nitrogen and oxygen atoms in total. The second-order valence-electron chi connectivity index (χ2n) is 5.03. The highest BCUT2D eigenvalue weighted by Crippen LogP contribution is 2.28. The fraction of sp³-hybridized carbons (Fsp3) is 0.188. The van der Waals surface area contributed by atoms with E-state index in [1.54, 1.807) is 12.1 Å². The van der Waals surface area contributed by atoms with Crippen molar-refractivity contribution in [1.29, 1.82) is 0 Å². The number of carbonyl (C=O) groups is 1. The number of para-hydroxylation sites is 2. The number of rotatable bonds is 2. The van der Waals surface area contributed by atoms with Crippen molar-refractivity contribution in [2.75, 3.05) is 17.2 Å². The number of amides is 1. The van der Waals surface area contributed by atoms with Gasteiger partial charge < -0.3 is 10.6 Å². The van der Waals surface area contributed by atoms with E-state index in [2.05, 4.69) is 26.6 Å². The third kappa shape index (κ3) is 2.93. The molecule has 5 heteroatoms. The summed E-state index contributed by atoms with van der Waals surface area (Å²) in [5, 5.41) is 5.92. The molecule has 1 aliphatic rings. The summed E-state index contributed by atoms with van der Waals surface area (Å²) in [5.74, 6) is -0.837. The second kappa shape index (κ2) is 5.85. The van der Waals surface area contributed by atoms with Gasteiger partial charge in [-0.05, 0) is 46.1 Å². The predicted molar refractivity (Wildman–Crippen MR) is 84.9 cm³/mol. The molecule has 21 heavy (non-hydrogen) atoms. The van der Waals surface area contributed by atoms with Gasteiger partial charge in [-0.3, -0.25) is 4.79 Å². The predicted octanol–water partition coefficient (Wildman–Crippen LogP) is 3.81. The second-order valence-corrected chi connectivity index (χ2v) is 5.88. The zero-order valence-electron chi connectivity index (χ0n) is 11.2. The van der Waals surface area contributed by atoms with Crippen LogP contribution in [0.15, 0.2) is 46.9 Å². The zero-order chi connectivity index (χ0) is 14.8. The number of hydrogen-bond acceptors (Lipinski definition) is 2. The number of fused-ring (bicyclic) bond motifs is 1. The number of carbonyl (C=O) groups excluding carboxylic acids is 1. The lowest BCUT2D eigenvalue weighted by atomic mass is 9.93. The number of nitrogens with one attached hydrogen (secondary N) is 2. The largest absolute Gasteiger partial charge is 0.384 e. The van der Waals surface area contributed by atoms with Crippen LogP contribution in [-0.2, 0) is 11.2 Å². The maximum Gasteiger partial charge on any atom is 0.229 e. The molecular weight excluding hydrogens is 335 g/mol. The molecule has 0 fully saturated rings. The van der Waals surface area contributed by atoms with E-state index in [0.29, 0.717) is 17.4 Å². The van der Waals surface area contributed by atoms with Crippen molar-refractivity contribution in [3.05, 3.63) is 58.3 Å². The van der Waals surface area contributed by atoms with Crippen LogP contribution in [0, 0.1) is 11.7 Å². The molecule has 1 amide bonds. The third-order valence-electron chi connectivity index (χ3n) is 3.60.